The number of aromatic nitrogens is 1. The molecular formula is C18H16N2O2S. The van der Waals surface area contributed by atoms with Crippen LogP contribution in [0.15, 0.2) is 60.1 Å². The lowest BCUT2D eigenvalue weighted by molar-refractivity contribution is 0.0942. The van der Waals surface area contributed by atoms with E-state index in [2.05, 4.69) is 10.3 Å². The molecule has 2 N–H and O–H groups in total. The number of carbonyl (C=O) groups excluding carboxylic acids is 1. The van der Waals surface area contributed by atoms with E-state index in [1.165, 1.54) is 0 Å². The van der Waals surface area contributed by atoms with E-state index in [9.17, 15) is 9.90 Å². The summed E-state index contributed by atoms with van der Waals surface area (Å²) in [5.41, 5.74) is 2.07. The lowest BCUT2D eigenvalue weighted by Crippen LogP contribution is -2.29. The van der Waals surface area contributed by atoms with Crippen molar-refractivity contribution >= 4 is 17.2 Å². The highest BCUT2D eigenvalue weighted by Gasteiger charge is 2.20. The van der Waals surface area contributed by atoms with Crippen LogP contribution in [0.1, 0.15) is 32.5 Å². The Balaban J connectivity index is 1.94. The lowest BCUT2D eigenvalue weighted by atomic mass is 10.0. The van der Waals surface area contributed by atoms with Crippen molar-refractivity contribution in [3.05, 3.63) is 81.8 Å². The van der Waals surface area contributed by atoms with Gasteiger partial charge in [-0.1, -0.05) is 18.2 Å². The van der Waals surface area contributed by atoms with Crippen LogP contribution >= 0.6 is 11.3 Å². The number of hydrogen-bond acceptors (Lipinski definition) is 4. The summed E-state index contributed by atoms with van der Waals surface area (Å²) >= 11 is 1.56. The molecule has 0 spiro atoms. The van der Waals surface area contributed by atoms with Gasteiger partial charge in [-0.05, 0) is 48.2 Å². The van der Waals surface area contributed by atoms with Gasteiger partial charge in [0.25, 0.3) is 5.91 Å². The molecule has 0 radical (unpaired) electrons. The number of nitrogens with one attached hydrogen (secondary N) is 1. The number of aryl methyl sites for hydroxylation is 1. The summed E-state index contributed by atoms with van der Waals surface area (Å²) in [6.45, 7) is 1.81. The minimum atomic E-state index is -0.311. The van der Waals surface area contributed by atoms with Crippen molar-refractivity contribution in [2.45, 2.75) is 13.0 Å². The summed E-state index contributed by atoms with van der Waals surface area (Å²) in [4.78, 5) is 17.8. The van der Waals surface area contributed by atoms with Crippen LogP contribution < -0.4 is 5.32 Å². The van der Waals surface area contributed by atoms with E-state index in [4.69, 9.17) is 0 Å². The number of pyridine rings is 1. The average Bonchev–Trinajstić information content (AvgIpc) is 3.07. The fourth-order valence-electron chi connectivity index (χ4n) is 2.41. The van der Waals surface area contributed by atoms with Crippen molar-refractivity contribution in [3.8, 4) is 5.75 Å². The minimum Gasteiger partial charge on any atom is -0.508 e. The maximum absolute atomic E-state index is 12.6. The highest BCUT2D eigenvalue weighted by atomic mass is 32.1. The van der Waals surface area contributed by atoms with E-state index in [0.29, 0.717) is 11.3 Å². The maximum Gasteiger partial charge on any atom is 0.253 e. The van der Waals surface area contributed by atoms with Gasteiger partial charge in [-0.15, -0.1) is 11.3 Å². The van der Waals surface area contributed by atoms with Gasteiger partial charge in [0.05, 0.1) is 11.6 Å². The second kappa shape index (κ2) is 6.62. The first-order valence-corrected chi connectivity index (χ1v) is 8.08. The summed E-state index contributed by atoms with van der Waals surface area (Å²) < 4.78 is 0. The summed E-state index contributed by atoms with van der Waals surface area (Å²) in [5, 5.41) is 14.7. The van der Waals surface area contributed by atoms with Gasteiger partial charge >= 0.3 is 0 Å². The second-order valence-corrected chi connectivity index (χ2v) is 6.13. The summed E-state index contributed by atoms with van der Waals surface area (Å²) in [5.74, 6) is -0.00629. The van der Waals surface area contributed by atoms with Crippen molar-refractivity contribution in [1.82, 2.24) is 10.3 Å². The lowest BCUT2D eigenvalue weighted by Gasteiger charge is -2.19. The molecule has 1 unspecified atom stereocenters. The Hall–Kier alpha value is -2.66. The zero-order valence-electron chi connectivity index (χ0n) is 12.6. The SMILES string of the molecule is Cc1ncccc1C(=O)NC(c1cccc(O)c1)c1cccs1. The van der Waals surface area contributed by atoms with Crippen LogP contribution in [0.5, 0.6) is 5.75 Å². The van der Waals surface area contributed by atoms with Crippen LogP contribution in [0.25, 0.3) is 0 Å². The number of phenolic OH excluding ortho intramolecular Hbond substituents is 1. The number of thiophene rings is 1. The zero-order valence-corrected chi connectivity index (χ0v) is 13.4. The molecule has 1 amide bonds. The summed E-state index contributed by atoms with van der Waals surface area (Å²) in [7, 11) is 0. The highest BCUT2D eigenvalue weighted by Crippen LogP contribution is 2.28. The van der Waals surface area contributed by atoms with Gasteiger partial charge in [0.15, 0.2) is 0 Å². The molecule has 4 nitrogen and oxygen atoms in total. The molecule has 0 aliphatic heterocycles. The Kier molecular flexibility index (Phi) is 4.39. The van der Waals surface area contributed by atoms with Crippen LogP contribution in [-0.2, 0) is 0 Å². The van der Waals surface area contributed by atoms with Crippen LogP contribution in [0, 0.1) is 6.92 Å². The molecule has 0 aliphatic carbocycles. The second-order valence-electron chi connectivity index (χ2n) is 5.15. The Labute approximate surface area is 138 Å². The number of phenols is 1. The molecule has 2 aromatic heterocycles. The first kappa shape index (κ1) is 15.2. The molecule has 0 bridgehead atoms. The number of aromatic hydroxyl groups is 1. The van der Waals surface area contributed by atoms with Crippen LogP contribution in [-0.4, -0.2) is 16.0 Å². The van der Waals surface area contributed by atoms with E-state index in [-0.39, 0.29) is 17.7 Å². The molecule has 1 atom stereocenters. The van der Waals surface area contributed by atoms with Gasteiger partial charge in [-0.2, -0.15) is 0 Å². The molecule has 23 heavy (non-hydrogen) atoms. The molecular weight excluding hydrogens is 308 g/mol. The van der Waals surface area contributed by atoms with Crippen LogP contribution in [0.2, 0.25) is 0 Å². The third-order valence-corrected chi connectivity index (χ3v) is 4.50. The van der Waals surface area contributed by atoms with Crippen LogP contribution in [0.3, 0.4) is 0 Å². The zero-order chi connectivity index (χ0) is 16.2. The van der Waals surface area contributed by atoms with Gasteiger partial charge in [-0.25, -0.2) is 0 Å². The van der Waals surface area contributed by atoms with Crippen molar-refractivity contribution in [1.29, 1.82) is 0 Å². The molecule has 0 fully saturated rings. The summed E-state index contributed by atoms with van der Waals surface area (Å²) in [6.07, 6.45) is 1.66. The Bertz CT molecular complexity index is 815. The number of rotatable bonds is 4. The van der Waals surface area contributed by atoms with Gasteiger partial charge in [0, 0.05) is 16.8 Å². The van der Waals surface area contributed by atoms with Crippen molar-refractivity contribution in [2.24, 2.45) is 0 Å². The normalized spacial score (nSPS) is 11.9. The van der Waals surface area contributed by atoms with Gasteiger partial charge in [-0.3, -0.25) is 9.78 Å². The topological polar surface area (TPSA) is 62.2 Å². The number of hydrogen-bond donors (Lipinski definition) is 2. The van der Waals surface area contributed by atoms with E-state index in [0.717, 1.165) is 10.4 Å². The third kappa shape index (κ3) is 3.40. The molecule has 3 aromatic rings. The molecule has 5 heteroatoms. The summed E-state index contributed by atoms with van der Waals surface area (Å²) in [6, 6.07) is 14.0. The highest BCUT2D eigenvalue weighted by molar-refractivity contribution is 7.10. The third-order valence-electron chi connectivity index (χ3n) is 3.56. The van der Waals surface area contributed by atoms with Crippen molar-refractivity contribution < 1.29 is 9.90 Å². The Morgan fingerprint density at radius 3 is 2.78 bits per heavy atom. The average molecular weight is 324 g/mol. The number of nitrogens with zero attached hydrogens (tertiary/aromatic N) is 1. The first-order valence-electron chi connectivity index (χ1n) is 7.20. The van der Waals surface area contributed by atoms with E-state index in [1.54, 1.807) is 47.9 Å². The van der Waals surface area contributed by atoms with Gasteiger partial charge in [0.2, 0.25) is 0 Å². The molecule has 0 saturated heterocycles. The predicted molar refractivity (Wildman–Crippen MR) is 90.7 cm³/mol. The molecule has 0 aliphatic rings. The molecule has 3 rings (SSSR count). The Morgan fingerprint density at radius 2 is 2.09 bits per heavy atom. The predicted octanol–water partition coefficient (Wildman–Crippen LogP) is 3.68. The molecule has 0 saturated carbocycles. The van der Waals surface area contributed by atoms with Crippen molar-refractivity contribution in [3.63, 3.8) is 0 Å². The van der Waals surface area contributed by atoms with Crippen LogP contribution in [0.4, 0.5) is 0 Å². The van der Waals surface area contributed by atoms with E-state index < -0.39 is 0 Å². The smallest absolute Gasteiger partial charge is 0.253 e. The fourth-order valence-corrected chi connectivity index (χ4v) is 3.21. The van der Waals surface area contributed by atoms with Gasteiger partial charge < -0.3 is 10.4 Å². The number of amides is 1. The standard InChI is InChI=1S/C18H16N2O2S/c1-12-15(7-3-9-19-12)18(22)20-17(16-8-4-10-23-16)13-5-2-6-14(21)11-13/h2-11,17,21H,1H3,(H,20,22). The largest absolute Gasteiger partial charge is 0.508 e. The minimum absolute atomic E-state index is 0.177. The number of carbonyl (C=O) groups is 1. The fraction of sp³-hybridized carbons (Fsp3) is 0.111. The molecule has 1 aromatic carbocycles. The monoisotopic (exact) mass is 324 g/mol. The quantitative estimate of drug-likeness (QED) is 0.769. The van der Waals surface area contributed by atoms with Gasteiger partial charge in [0.1, 0.15) is 5.75 Å². The first-order chi connectivity index (χ1) is 11.1. The van der Waals surface area contributed by atoms with E-state index in [1.807, 2.05) is 30.5 Å². The van der Waals surface area contributed by atoms with Crippen molar-refractivity contribution in [2.75, 3.05) is 0 Å². The molecule has 116 valence electrons. The Morgan fingerprint density at radius 1 is 1.22 bits per heavy atom. The number of benzene rings is 1. The van der Waals surface area contributed by atoms with E-state index >= 15 is 0 Å². The maximum atomic E-state index is 12.6. The molecule has 2 heterocycles.